The molecule has 0 aromatic carbocycles. The second-order valence-corrected chi connectivity index (χ2v) is 4.49. The summed E-state index contributed by atoms with van der Waals surface area (Å²) >= 11 is 0. The number of carbonyl (C=O) groups is 2. The van der Waals surface area contributed by atoms with Gasteiger partial charge in [-0.25, -0.2) is 4.79 Å². The first-order valence-corrected chi connectivity index (χ1v) is 5.89. The Morgan fingerprint density at radius 3 is 2.47 bits per heavy atom. The minimum Gasteiger partial charge on any atom is -0.480 e. The van der Waals surface area contributed by atoms with Gasteiger partial charge in [0.05, 0.1) is 0 Å². The van der Waals surface area contributed by atoms with Crippen molar-refractivity contribution in [3.8, 4) is 0 Å². The molecule has 2 N–H and O–H groups in total. The smallest absolute Gasteiger partial charge is 0.329 e. The van der Waals surface area contributed by atoms with E-state index in [4.69, 9.17) is 9.47 Å². The van der Waals surface area contributed by atoms with Gasteiger partial charge in [-0.15, -0.1) is 0 Å². The van der Waals surface area contributed by atoms with E-state index in [1.807, 2.05) is 0 Å². The Balaban J connectivity index is 2.01. The van der Waals surface area contributed by atoms with E-state index in [9.17, 15) is 14.7 Å². The first-order valence-electron chi connectivity index (χ1n) is 5.89. The molecule has 6 heteroatoms. The van der Waals surface area contributed by atoms with E-state index < -0.39 is 17.6 Å². The van der Waals surface area contributed by atoms with Crippen molar-refractivity contribution in [3.05, 3.63) is 0 Å². The lowest BCUT2D eigenvalue weighted by molar-refractivity contribution is -0.153. The van der Waals surface area contributed by atoms with Gasteiger partial charge in [-0.3, -0.25) is 4.79 Å². The Morgan fingerprint density at radius 2 is 1.94 bits per heavy atom. The molecule has 2 rings (SSSR count). The first-order chi connectivity index (χ1) is 8.14. The molecule has 2 saturated heterocycles. The molecule has 1 amide bonds. The summed E-state index contributed by atoms with van der Waals surface area (Å²) in [5, 5.41) is 11.9. The highest BCUT2D eigenvalue weighted by Gasteiger charge is 2.43. The zero-order valence-corrected chi connectivity index (χ0v) is 9.61. The van der Waals surface area contributed by atoms with Crippen LogP contribution in [0.3, 0.4) is 0 Å². The van der Waals surface area contributed by atoms with Gasteiger partial charge in [0.15, 0.2) is 0 Å². The second kappa shape index (κ2) is 5.01. The molecule has 17 heavy (non-hydrogen) atoms. The Bertz CT molecular complexity index is 305. The third kappa shape index (κ3) is 2.58. The summed E-state index contributed by atoms with van der Waals surface area (Å²) in [5.41, 5.74) is -1.18. The minimum atomic E-state index is -1.18. The molecule has 1 atom stereocenters. The van der Waals surface area contributed by atoms with E-state index >= 15 is 0 Å². The fourth-order valence-electron chi connectivity index (χ4n) is 2.21. The summed E-state index contributed by atoms with van der Waals surface area (Å²) in [4.78, 5) is 23.2. The van der Waals surface area contributed by atoms with Crippen LogP contribution >= 0.6 is 0 Å². The number of carboxylic acid groups (broad SMARTS) is 1. The molecule has 0 saturated carbocycles. The average molecular weight is 243 g/mol. The highest BCUT2D eigenvalue weighted by Crippen LogP contribution is 2.22. The maximum atomic E-state index is 11.9. The van der Waals surface area contributed by atoms with Crippen LogP contribution in [0.2, 0.25) is 0 Å². The van der Waals surface area contributed by atoms with Crippen LogP contribution in [0.4, 0.5) is 0 Å². The quantitative estimate of drug-likeness (QED) is 0.724. The Hall–Kier alpha value is -1.14. The topological polar surface area (TPSA) is 84.9 Å². The SMILES string of the molecule is O=C(NC1(C(=O)O)CCOCC1)[C@H]1CCCO1. The average Bonchev–Trinajstić information content (AvgIpc) is 2.83. The number of hydrogen-bond acceptors (Lipinski definition) is 4. The molecule has 2 aliphatic rings. The molecule has 0 bridgehead atoms. The van der Waals surface area contributed by atoms with Crippen LogP contribution in [-0.4, -0.2) is 48.4 Å². The number of hydrogen-bond donors (Lipinski definition) is 2. The zero-order chi connectivity index (χ0) is 12.3. The molecule has 2 aliphatic heterocycles. The van der Waals surface area contributed by atoms with Gasteiger partial charge in [-0.05, 0) is 12.8 Å². The molecule has 0 aromatic heterocycles. The van der Waals surface area contributed by atoms with Crippen molar-refractivity contribution in [2.75, 3.05) is 19.8 Å². The van der Waals surface area contributed by atoms with Gasteiger partial charge >= 0.3 is 5.97 Å². The molecular formula is C11H17NO5. The van der Waals surface area contributed by atoms with E-state index in [0.717, 1.165) is 6.42 Å². The van der Waals surface area contributed by atoms with E-state index in [1.54, 1.807) is 0 Å². The third-order valence-electron chi connectivity index (χ3n) is 3.34. The Labute approximate surface area is 99.3 Å². The largest absolute Gasteiger partial charge is 0.480 e. The molecule has 96 valence electrons. The number of rotatable bonds is 3. The zero-order valence-electron chi connectivity index (χ0n) is 9.61. The summed E-state index contributed by atoms with van der Waals surface area (Å²) in [6, 6.07) is 0. The van der Waals surface area contributed by atoms with E-state index in [-0.39, 0.29) is 5.91 Å². The van der Waals surface area contributed by atoms with Crippen molar-refractivity contribution in [1.82, 2.24) is 5.32 Å². The van der Waals surface area contributed by atoms with Crippen molar-refractivity contribution in [2.45, 2.75) is 37.3 Å². The molecule has 0 radical (unpaired) electrons. The van der Waals surface area contributed by atoms with Crippen molar-refractivity contribution >= 4 is 11.9 Å². The number of carbonyl (C=O) groups excluding carboxylic acids is 1. The third-order valence-corrected chi connectivity index (χ3v) is 3.34. The van der Waals surface area contributed by atoms with Gasteiger partial charge in [-0.1, -0.05) is 0 Å². The van der Waals surface area contributed by atoms with Gasteiger partial charge in [-0.2, -0.15) is 0 Å². The van der Waals surface area contributed by atoms with E-state index in [1.165, 1.54) is 0 Å². The van der Waals surface area contributed by atoms with Crippen LogP contribution in [0.25, 0.3) is 0 Å². The molecule has 2 heterocycles. The maximum absolute atomic E-state index is 11.9. The summed E-state index contributed by atoms with van der Waals surface area (Å²) in [7, 11) is 0. The maximum Gasteiger partial charge on any atom is 0.329 e. The van der Waals surface area contributed by atoms with Crippen LogP contribution in [0.1, 0.15) is 25.7 Å². The van der Waals surface area contributed by atoms with Gasteiger partial charge in [0.25, 0.3) is 0 Å². The Morgan fingerprint density at radius 1 is 1.24 bits per heavy atom. The summed E-state index contributed by atoms with van der Waals surface area (Å²) in [6.07, 6.45) is 1.63. The Kier molecular flexibility index (Phi) is 3.63. The molecule has 6 nitrogen and oxygen atoms in total. The van der Waals surface area contributed by atoms with Crippen LogP contribution in [0.15, 0.2) is 0 Å². The highest BCUT2D eigenvalue weighted by atomic mass is 16.5. The summed E-state index contributed by atoms with van der Waals surface area (Å²) in [5.74, 6) is -1.31. The van der Waals surface area contributed by atoms with Crippen molar-refractivity contribution in [3.63, 3.8) is 0 Å². The lowest BCUT2D eigenvalue weighted by atomic mass is 9.89. The fourth-order valence-corrected chi connectivity index (χ4v) is 2.21. The molecule has 0 aliphatic carbocycles. The number of aliphatic carboxylic acids is 1. The number of nitrogens with one attached hydrogen (secondary N) is 1. The predicted octanol–water partition coefficient (Wildman–Crippen LogP) is -0.0846. The monoisotopic (exact) mass is 243 g/mol. The van der Waals surface area contributed by atoms with Crippen LogP contribution < -0.4 is 5.32 Å². The first kappa shape index (κ1) is 12.3. The van der Waals surface area contributed by atoms with Gasteiger partial charge in [0.2, 0.25) is 5.91 Å². The summed E-state index contributed by atoms with van der Waals surface area (Å²) in [6.45, 7) is 1.29. The molecular weight excluding hydrogens is 226 g/mol. The highest BCUT2D eigenvalue weighted by molar-refractivity contribution is 5.89. The van der Waals surface area contributed by atoms with E-state index in [2.05, 4.69) is 5.32 Å². The van der Waals surface area contributed by atoms with E-state index in [0.29, 0.717) is 39.1 Å². The van der Waals surface area contributed by atoms with Gasteiger partial charge in [0.1, 0.15) is 11.6 Å². The number of ether oxygens (including phenoxy) is 2. The van der Waals surface area contributed by atoms with Gasteiger partial charge < -0.3 is 19.9 Å². The fraction of sp³-hybridized carbons (Fsp3) is 0.818. The van der Waals surface area contributed by atoms with Gasteiger partial charge in [0, 0.05) is 32.7 Å². The number of amides is 1. The predicted molar refractivity (Wildman–Crippen MR) is 57.5 cm³/mol. The van der Waals surface area contributed by atoms with Crippen LogP contribution in [0, 0.1) is 0 Å². The molecule has 0 spiro atoms. The summed E-state index contributed by atoms with van der Waals surface area (Å²) < 4.78 is 10.4. The van der Waals surface area contributed by atoms with Crippen molar-refractivity contribution < 1.29 is 24.2 Å². The second-order valence-electron chi connectivity index (χ2n) is 4.49. The van der Waals surface area contributed by atoms with Crippen molar-refractivity contribution in [2.24, 2.45) is 0 Å². The van der Waals surface area contributed by atoms with Crippen LogP contribution in [-0.2, 0) is 19.1 Å². The normalized spacial score (nSPS) is 27.6. The van der Waals surface area contributed by atoms with Crippen molar-refractivity contribution in [1.29, 1.82) is 0 Å². The minimum absolute atomic E-state index is 0.306. The number of carboxylic acids is 1. The molecule has 2 fully saturated rings. The lowest BCUT2D eigenvalue weighted by Gasteiger charge is -2.34. The molecule has 0 unspecified atom stereocenters. The standard InChI is InChI=1S/C11H17NO5/c13-9(8-2-1-5-17-8)12-11(10(14)15)3-6-16-7-4-11/h8H,1-7H2,(H,12,13)(H,14,15)/t8-/m1/s1. The lowest BCUT2D eigenvalue weighted by Crippen LogP contribution is -2.59. The molecule has 0 aromatic rings. The van der Waals surface area contributed by atoms with Crippen LogP contribution in [0.5, 0.6) is 0 Å².